The quantitative estimate of drug-likeness (QED) is 0.274. The summed E-state index contributed by atoms with van der Waals surface area (Å²) < 4.78 is 27.7. The lowest BCUT2D eigenvalue weighted by Gasteiger charge is -2.25. The molecule has 3 unspecified atom stereocenters. The van der Waals surface area contributed by atoms with E-state index in [0.717, 1.165) is 11.1 Å². The van der Waals surface area contributed by atoms with Gasteiger partial charge in [0.05, 0.1) is 36.2 Å². The number of nitrogens with one attached hydrogen (secondary N) is 2. The Bertz CT molecular complexity index is 1760. The number of halogens is 1. The van der Waals surface area contributed by atoms with E-state index in [2.05, 4.69) is 25.9 Å². The van der Waals surface area contributed by atoms with Gasteiger partial charge < -0.3 is 30.7 Å². The number of carbonyl (C=O) groups is 3. The van der Waals surface area contributed by atoms with Crippen molar-refractivity contribution in [1.82, 2.24) is 24.9 Å². The van der Waals surface area contributed by atoms with Gasteiger partial charge >= 0.3 is 0 Å². The Morgan fingerprint density at radius 2 is 2.05 bits per heavy atom. The molecular weight excluding hydrogens is 559 g/mol. The maximum atomic E-state index is 14.7. The first-order chi connectivity index (χ1) is 20.8. The van der Waals surface area contributed by atoms with Gasteiger partial charge in [-0.1, -0.05) is 12.1 Å². The number of hydrogen-bond donors (Lipinski definition) is 3. The fourth-order valence-corrected chi connectivity index (χ4v) is 5.79. The zero-order chi connectivity index (χ0) is 29.8. The molecule has 5 heterocycles. The van der Waals surface area contributed by atoms with Crippen LogP contribution in [-0.2, 0) is 20.9 Å². The Morgan fingerprint density at radius 3 is 2.84 bits per heavy atom. The van der Waals surface area contributed by atoms with E-state index < -0.39 is 36.6 Å². The molecule has 13 nitrogen and oxygen atoms in total. The number of carbonyl (C=O) groups excluding carboxylic acids is 3. The number of alkyl halides is 1. The third-order valence-corrected chi connectivity index (χ3v) is 7.95. The summed E-state index contributed by atoms with van der Waals surface area (Å²) in [5, 5.41) is 18.6. The summed E-state index contributed by atoms with van der Waals surface area (Å²) >= 11 is 0. The van der Waals surface area contributed by atoms with Crippen LogP contribution in [0.5, 0.6) is 5.75 Å². The Balaban J connectivity index is 1.09. The number of anilines is 2. The lowest BCUT2D eigenvalue weighted by atomic mass is 10.0. The molecule has 0 radical (unpaired) electrons. The number of para-hydroxylation sites is 1. The molecule has 220 valence electrons. The van der Waals surface area contributed by atoms with Crippen molar-refractivity contribution in [2.45, 2.75) is 50.5 Å². The molecule has 2 aromatic heterocycles. The van der Waals surface area contributed by atoms with Crippen molar-refractivity contribution in [1.29, 1.82) is 0 Å². The fraction of sp³-hybridized carbons (Fsp3) is 0.310. The smallest absolute Gasteiger partial charge is 0.269 e. The summed E-state index contributed by atoms with van der Waals surface area (Å²) in [6.07, 6.45) is 0.482. The molecule has 0 aliphatic carbocycles. The maximum absolute atomic E-state index is 14.7. The monoisotopic (exact) mass is 586 g/mol. The Kier molecular flexibility index (Phi) is 6.42. The summed E-state index contributed by atoms with van der Waals surface area (Å²) in [5.41, 5.74) is 8.86. The summed E-state index contributed by atoms with van der Waals surface area (Å²) in [4.78, 5) is 39.5. The van der Waals surface area contributed by atoms with E-state index in [0.29, 0.717) is 28.0 Å². The molecule has 3 amide bonds. The van der Waals surface area contributed by atoms with Gasteiger partial charge in [-0.3, -0.25) is 19.1 Å². The van der Waals surface area contributed by atoms with Crippen molar-refractivity contribution < 1.29 is 28.2 Å². The zero-order valence-electron chi connectivity index (χ0n) is 22.9. The molecule has 2 saturated heterocycles. The summed E-state index contributed by atoms with van der Waals surface area (Å²) in [6.45, 7) is 1.36. The summed E-state index contributed by atoms with van der Waals surface area (Å²) in [6, 6.07) is 11.9. The molecule has 4 N–H and O–H groups in total. The number of primary amides is 1. The van der Waals surface area contributed by atoms with E-state index >= 15 is 0 Å². The van der Waals surface area contributed by atoms with Crippen LogP contribution in [0, 0.1) is 0 Å². The topological polar surface area (TPSA) is 170 Å². The number of nitrogens with zero attached hydrogens (tertiary/aromatic N) is 5. The standard InChI is InChI=1S/C29H27FN8O5/c1-14-28(41)35-25-19(3-2-4-22(25)42-14)34-29-26(43-29)21-10-17(30)12-37(21)23(39)13-38-20-6-5-15(16-7-8-32-33-11-16)9-18(20)24(36-38)27(31)40/h2-9,11,14,17,21,26,29,34H,10,12-13H2,1H3,(H2,31,40)(H,35,41)/t14?,17-,21+,26?,29?/m1/s1. The summed E-state index contributed by atoms with van der Waals surface area (Å²) in [7, 11) is 0. The number of likely N-dealkylation sites (tertiary alicyclic amines) is 1. The van der Waals surface area contributed by atoms with Gasteiger partial charge in [0.15, 0.2) is 18.0 Å². The third-order valence-electron chi connectivity index (χ3n) is 7.95. The number of epoxide rings is 1. The number of nitrogens with two attached hydrogens (primary N) is 1. The number of fused-ring (bicyclic) bond motifs is 2. The van der Waals surface area contributed by atoms with E-state index in [-0.39, 0.29) is 37.0 Å². The second-order valence-electron chi connectivity index (χ2n) is 10.8. The van der Waals surface area contributed by atoms with E-state index in [9.17, 15) is 18.8 Å². The molecule has 0 spiro atoms. The van der Waals surface area contributed by atoms with Crippen LogP contribution in [0.3, 0.4) is 0 Å². The van der Waals surface area contributed by atoms with Crippen molar-refractivity contribution in [3.05, 3.63) is 60.6 Å². The molecule has 0 bridgehead atoms. The van der Waals surface area contributed by atoms with Crippen LogP contribution in [-0.4, -0.2) is 79.8 Å². The minimum Gasteiger partial charge on any atom is -0.479 e. The van der Waals surface area contributed by atoms with Gasteiger partial charge in [0, 0.05) is 17.4 Å². The molecular formula is C29H27FN8O5. The Morgan fingerprint density at radius 1 is 1.19 bits per heavy atom. The Labute approximate surface area is 244 Å². The van der Waals surface area contributed by atoms with Gasteiger partial charge in [0.1, 0.15) is 30.3 Å². The number of amides is 3. The third kappa shape index (κ3) is 4.88. The van der Waals surface area contributed by atoms with Crippen LogP contribution in [0.1, 0.15) is 23.8 Å². The number of rotatable bonds is 7. The SMILES string of the molecule is CC1Oc2cccc(NC3OC3[C@@H]3C[C@@H](F)CN3C(=O)Cn3nc(C(N)=O)c4cc(-c5ccnnc5)ccc43)c2NC1=O. The van der Waals surface area contributed by atoms with E-state index in [1.165, 1.54) is 9.58 Å². The molecule has 2 fully saturated rings. The lowest BCUT2D eigenvalue weighted by molar-refractivity contribution is -0.133. The van der Waals surface area contributed by atoms with Gasteiger partial charge in [-0.25, -0.2) is 4.39 Å². The minimum atomic E-state index is -1.22. The largest absolute Gasteiger partial charge is 0.479 e. The highest BCUT2D eigenvalue weighted by Crippen LogP contribution is 2.41. The average molecular weight is 587 g/mol. The number of aromatic nitrogens is 4. The van der Waals surface area contributed by atoms with Crippen LogP contribution in [0.2, 0.25) is 0 Å². The first kappa shape index (κ1) is 26.8. The second kappa shape index (κ2) is 10.3. The van der Waals surface area contributed by atoms with Crippen LogP contribution < -0.4 is 21.1 Å². The van der Waals surface area contributed by atoms with Crippen molar-refractivity contribution in [3.8, 4) is 16.9 Å². The van der Waals surface area contributed by atoms with Gasteiger partial charge in [0.25, 0.3) is 11.8 Å². The van der Waals surface area contributed by atoms with Crippen molar-refractivity contribution in [2.24, 2.45) is 5.73 Å². The van der Waals surface area contributed by atoms with Gasteiger partial charge in [-0.05, 0) is 42.8 Å². The molecule has 7 rings (SSSR count). The number of ether oxygens (including phenoxy) is 2. The van der Waals surface area contributed by atoms with Crippen molar-refractivity contribution in [2.75, 3.05) is 17.2 Å². The van der Waals surface area contributed by atoms with Gasteiger partial charge in [0.2, 0.25) is 5.91 Å². The van der Waals surface area contributed by atoms with E-state index in [1.54, 1.807) is 55.7 Å². The summed E-state index contributed by atoms with van der Waals surface area (Å²) in [5.74, 6) is -0.835. The van der Waals surface area contributed by atoms with E-state index in [1.807, 2.05) is 6.07 Å². The van der Waals surface area contributed by atoms with Gasteiger partial charge in [-0.2, -0.15) is 15.3 Å². The fourth-order valence-electron chi connectivity index (χ4n) is 5.79. The number of hydrogen-bond acceptors (Lipinski definition) is 9. The zero-order valence-corrected chi connectivity index (χ0v) is 22.9. The highest BCUT2D eigenvalue weighted by molar-refractivity contribution is 6.05. The van der Waals surface area contributed by atoms with Crippen LogP contribution in [0.15, 0.2) is 54.9 Å². The molecule has 3 aliphatic heterocycles. The molecule has 43 heavy (non-hydrogen) atoms. The Hall–Kier alpha value is -5.11. The van der Waals surface area contributed by atoms with Gasteiger partial charge in [-0.15, -0.1) is 0 Å². The first-order valence-electron chi connectivity index (χ1n) is 13.8. The van der Waals surface area contributed by atoms with Crippen molar-refractivity contribution in [3.63, 3.8) is 0 Å². The van der Waals surface area contributed by atoms with E-state index in [4.69, 9.17) is 15.2 Å². The molecule has 5 atom stereocenters. The lowest BCUT2D eigenvalue weighted by Crippen LogP contribution is -2.42. The molecule has 3 aliphatic rings. The first-order valence-corrected chi connectivity index (χ1v) is 13.8. The molecule has 4 aromatic rings. The minimum absolute atomic E-state index is 0.0273. The predicted octanol–water partition coefficient (Wildman–Crippen LogP) is 2.09. The second-order valence-corrected chi connectivity index (χ2v) is 10.8. The molecule has 2 aromatic carbocycles. The predicted molar refractivity (Wildman–Crippen MR) is 152 cm³/mol. The van der Waals surface area contributed by atoms with Crippen molar-refractivity contribution >= 4 is 40.0 Å². The van der Waals surface area contributed by atoms with Crippen LogP contribution in [0.25, 0.3) is 22.0 Å². The number of benzene rings is 2. The highest BCUT2D eigenvalue weighted by atomic mass is 19.1. The van der Waals surface area contributed by atoms with Crippen LogP contribution >= 0.6 is 0 Å². The maximum Gasteiger partial charge on any atom is 0.269 e. The average Bonchev–Trinajstić information content (AvgIpc) is 3.50. The molecule has 14 heteroatoms. The normalized spacial score (nSPS) is 24.3. The highest BCUT2D eigenvalue weighted by Gasteiger charge is 2.52. The van der Waals surface area contributed by atoms with Crippen LogP contribution in [0.4, 0.5) is 15.8 Å². The molecule has 0 saturated carbocycles.